The molecule has 4 heterocycles. The number of benzene rings is 9. The van der Waals surface area contributed by atoms with Crippen molar-refractivity contribution in [2.24, 2.45) is 0 Å². The topological polar surface area (TPSA) is 40.8 Å². The maximum absolute atomic E-state index is 9.26. The molecule has 0 fully saturated rings. The van der Waals surface area contributed by atoms with Crippen molar-refractivity contribution in [1.82, 2.24) is 18.7 Å². The molecule has 0 saturated heterocycles. The molecule has 9 aromatic carbocycles. The van der Waals surface area contributed by atoms with E-state index in [2.05, 4.69) is 149 Å². The summed E-state index contributed by atoms with van der Waals surface area (Å²) in [7, 11) is 0. The number of hydrogen-bond acceptors (Lipinski definition) is 2. The van der Waals surface area contributed by atoms with Crippen LogP contribution in [0.1, 0.15) is 74.8 Å². The molecule has 7 heteroatoms. The number of para-hydroxylation sites is 5. The molecule has 13 rings (SSSR count). The summed E-state index contributed by atoms with van der Waals surface area (Å²) in [5, 5.41) is 4.19. The van der Waals surface area contributed by atoms with E-state index < -0.39 is 24.5 Å². The fraction of sp³-hybridized carbons (Fsp3) is 0.143. The van der Waals surface area contributed by atoms with Crippen molar-refractivity contribution in [1.29, 1.82) is 0 Å². The first-order valence-corrected chi connectivity index (χ1v) is 25.6. The first-order valence-electron chi connectivity index (χ1n) is 29.1. The molecule has 0 N–H and O–H groups in total. The van der Waals surface area contributed by atoms with Gasteiger partial charge in [0.15, 0.2) is 0 Å². The number of pyridine rings is 1. The third kappa shape index (κ3) is 8.75. The summed E-state index contributed by atoms with van der Waals surface area (Å²) in [6.45, 7) is 14.7. The van der Waals surface area contributed by atoms with Crippen molar-refractivity contribution in [2.45, 2.75) is 65.7 Å². The van der Waals surface area contributed by atoms with Crippen LogP contribution < -0.4 is 9.30 Å². The third-order valence-electron chi connectivity index (χ3n) is 14.5. The van der Waals surface area contributed by atoms with Crippen LogP contribution in [0.5, 0.6) is 11.5 Å². The zero-order valence-corrected chi connectivity index (χ0v) is 46.0. The average molecular weight is 1190 g/mol. The maximum atomic E-state index is 9.26. The molecule has 4 aromatic heterocycles. The number of aryl methyl sites for hydroxylation is 1. The molecule has 0 aliphatic carbocycles. The third-order valence-corrected chi connectivity index (χ3v) is 14.5. The van der Waals surface area contributed by atoms with E-state index in [-0.39, 0.29) is 49.5 Å². The van der Waals surface area contributed by atoms with Crippen LogP contribution in [0.4, 0.5) is 0 Å². The van der Waals surface area contributed by atoms with Crippen molar-refractivity contribution >= 4 is 54.6 Å². The van der Waals surface area contributed by atoms with Crippen LogP contribution in [0, 0.1) is 18.5 Å². The second-order valence-electron chi connectivity index (χ2n) is 21.4. The molecule has 380 valence electrons. The molecule has 0 aliphatic heterocycles. The predicted molar refractivity (Wildman–Crippen MR) is 312 cm³/mol. The summed E-state index contributed by atoms with van der Waals surface area (Å²) >= 11 is 0. The molecule has 0 unspecified atom stereocenters. The molecule has 0 amide bonds. The van der Waals surface area contributed by atoms with Gasteiger partial charge in [0.1, 0.15) is 5.82 Å². The van der Waals surface area contributed by atoms with Crippen molar-refractivity contribution in [3.63, 3.8) is 0 Å². The monoisotopic (exact) mass is 1190 g/mol. The zero-order valence-electron chi connectivity index (χ0n) is 50.7. The largest absolute Gasteiger partial charge is 0.510 e. The van der Waals surface area contributed by atoms with E-state index in [0.29, 0.717) is 45.3 Å². The molecule has 77 heavy (non-hydrogen) atoms. The fourth-order valence-corrected chi connectivity index (χ4v) is 10.6. The van der Waals surface area contributed by atoms with E-state index in [1.807, 2.05) is 86.5 Å². The Labute approximate surface area is 474 Å². The molecule has 0 atom stereocenters. The maximum Gasteiger partial charge on any atom is 0.268 e. The smallest absolute Gasteiger partial charge is 0.268 e. The van der Waals surface area contributed by atoms with E-state index >= 15 is 0 Å². The molecule has 13 aromatic rings. The van der Waals surface area contributed by atoms with Crippen LogP contribution in [0.3, 0.4) is 0 Å². The van der Waals surface area contributed by atoms with E-state index in [4.69, 9.17) is 16.6 Å². The van der Waals surface area contributed by atoms with Crippen LogP contribution in [-0.4, -0.2) is 18.7 Å². The van der Waals surface area contributed by atoms with Gasteiger partial charge in [0.2, 0.25) is 0 Å². The Morgan fingerprint density at radius 1 is 0.571 bits per heavy atom. The number of imidazole rings is 1. The van der Waals surface area contributed by atoms with Gasteiger partial charge in [-0.05, 0) is 110 Å². The van der Waals surface area contributed by atoms with Crippen LogP contribution in [0.25, 0.3) is 99.8 Å². The van der Waals surface area contributed by atoms with Crippen LogP contribution in [-0.2, 0) is 38.3 Å². The normalized spacial score (nSPS) is 13.5. The number of rotatable bonds is 9. The molecule has 0 spiro atoms. The van der Waals surface area contributed by atoms with Crippen LogP contribution >= 0.6 is 0 Å². The van der Waals surface area contributed by atoms with E-state index in [1.165, 1.54) is 0 Å². The minimum atomic E-state index is -1.62. The van der Waals surface area contributed by atoms with Crippen molar-refractivity contribution in [3.8, 4) is 56.6 Å². The van der Waals surface area contributed by atoms with Gasteiger partial charge in [-0.25, -0.2) is 4.98 Å². The molecule has 0 aliphatic rings. The summed E-state index contributed by atoms with van der Waals surface area (Å²) in [5.41, 5.74) is 12.0. The SMILES string of the molecule is [2H]c1c([2H])c([2H])c(-c2cccc(-c3cc(C(C)(C)C)cc(C(C)(C)C)c3)c2-[n+]2[c-]n(-c3[c-]c(Oc4[c-]c5c(cc4)c4cc(-n6c7ccccc7c7ccccc76)ccc4n5-c4cc(C([2H])([2H])C)ccn4)ccc3)c3ccccc32)c([2H])c1[2H].[Pt]. The molecular weight excluding hydrogens is 1120 g/mol. The van der Waals surface area contributed by atoms with Gasteiger partial charge in [0, 0.05) is 63.5 Å². The quantitative estimate of drug-likeness (QED) is 0.107. The molecule has 0 radical (unpaired) electrons. The Kier molecular flexibility index (Phi) is 10.5. The standard InChI is InChI=1S/C70H57N5O.Pt/c1-8-46-36-37-71-67(38-46)75-63-35-32-52(74-61-28-14-12-24-57(61)58-25-13-15-29-62(58)74)43-60(63)59-34-33-54(44-66(59)75)76-53-23-18-22-51(42-53)72-45-73(65-31-17-16-30-64(65)72)68-55(47-20-10-9-11-21-47)26-19-27-56(68)48-39-49(69(2,3)4)41-50(40-48)70(5,6)7;/h9-41,43H,8H2,1-7H3;/q-2;/i8D2,9D,10D,11D,20D,21D;. The van der Waals surface area contributed by atoms with Crippen molar-refractivity contribution < 1.29 is 40.0 Å². The van der Waals surface area contributed by atoms with Crippen LogP contribution in [0.2, 0.25) is 0 Å². The van der Waals surface area contributed by atoms with Crippen LogP contribution in [0.15, 0.2) is 206 Å². The van der Waals surface area contributed by atoms with Gasteiger partial charge in [-0.3, -0.25) is 4.57 Å². The molecule has 0 bridgehead atoms. The summed E-state index contributed by atoms with van der Waals surface area (Å²) in [6, 6.07) is 61.9. The summed E-state index contributed by atoms with van der Waals surface area (Å²) in [5.74, 6) is 1.36. The van der Waals surface area contributed by atoms with Gasteiger partial charge >= 0.3 is 0 Å². The molecule has 0 saturated carbocycles. The minimum absolute atomic E-state index is 0. The Balaban J connectivity index is 0.00000694. The number of ether oxygens (including phenoxy) is 1. The first kappa shape index (κ1) is 41.9. The average Bonchev–Trinajstić information content (AvgIpc) is 2.53. The second-order valence-corrected chi connectivity index (χ2v) is 21.4. The van der Waals surface area contributed by atoms with E-state index in [0.717, 1.165) is 77.1 Å². The van der Waals surface area contributed by atoms with Gasteiger partial charge in [0.25, 0.3) is 6.33 Å². The minimum Gasteiger partial charge on any atom is -0.510 e. The molecule has 6 nitrogen and oxygen atoms in total. The molecular formula is C70H57N5OPt-2. The van der Waals surface area contributed by atoms with Gasteiger partial charge in [-0.1, -0.05) is 181 Å². The van der Waals surface area contributed by atoms with Gasteiger partial charge in [0.05, 0.1) is 34.6 Å². The van der Waals surface area contributed by atoms with E-state index in [1.54, 1.807) is 25.3 Å². The Morgan fingerprint density at radius 2 is 1.21 bits per heavy atom. The fourth-order valence-electron chi connectivity index (χ4n) is 10.6. The first-order chi connectivity index (χ1) is 39.6. The van der Waals surface area contributed by atoms with Crippen molar-refractivity contribution in [3.05, 3.63) is 241 Å². The van der Waals surface area contributed by atoms with Gasteiger partial charge < -0.3 is 18.4 Å². The van der Waals surface area contributed by atoms with E-state index in [9.17, 15) is 2.74 Å². The van der Waals surface area contributed by atoms with Crippen molar-refractivity contribution in [2.75, 3.05) is 0 Å². The summed E-state index contributed by atoms with van der Waals surface area (Å²) in [4.78, 5) is 4.82. The predicted octanol–water partition coefficient (Wildman–Crippen LogP) is 17.2. The Hall–Kier alpha value is -8.31. The number of nitrogens with zero attached hydrogens (tertiary/aromatic N) is 5. The van der Waals surface area contributed by atoms with Gasteiger partial charge in [-0.2, -0.15) is 18.2 Å². The number of fused-ring (bicyclic) bond motifs is 7. The number of aromatic nitrogens is 5. The summed E-state index contributed by atoms with van der Waals surface area (Å²) in [6.07, 6.45) is 3.69. The summed E-state index contributed by atoms with van der Waals surface area (Å²) < 4.78 is 76.7. The zero-order chi connectivity index (χ0) is 58.0. The second kappa shape index (κ2) is 19.4. The van der Waals surface area contributed by atoms with Gasteiger partial charge in [-0.15, -0.1) is 29.7 Å². The Bertz CT molecular complexity index is 4690. The Morgan fingerprint density at radius 3 is 1.91 bits per heavy atom. The number of hydrogen-bond donors (Lipinski definition) is 0.